The van der Waals surface area contributed by atoms with Gasteiger partial charge in [0.25, 0.3) is 5.56 Å². The number of hydrogen-bond acceptors (Lipinski definition) is 6. The Balaban J connectivity index is 1.35. The number of nitrogens with one attached hydrogen (secondary N) is 2. The zero-order valence-corrected chi connectivity index (χ0v) is 24.0. The fourth-order valence-electron chi connectivity index (χ4n) is 5.30. The van der Waals surface area contributed by atoms with Crippen molar-refractivity contribution in [2.45, 2.75) is 33.2 Å². The Labute approximate surface area is 244 Å². The van der Waals surface area contributed by atoms with Gasteiger partial charge in [0.2, 0.25) is 5.90 Å². The zero-order valence-electron chi connectivity index (χ0n) is 23.3. The molecule has 7 nitrogen and oxygen atoms in total. The number of nitrogens with zero attached hydrogens (tertiary/aromatic N) is 3. The third kappa shape index (κ3) is 5.43. The summed E-state index contributed by atoms with van der Waals surface area (Å²) in [7, 11) is 0. The normalized spacial score (nSPS) is 16.6. The minimum absolute atomic E-state index is 0.139. The second kappa shape index (κ2) is 11.4. The average molecular weight is 566 g/mol. The van der Waals surface area contributed by atoms with Gasteiger partial charge in [0, 0.05) is 45.7 Å². The molecule has 0 amide bonds. The van der Waals surface area contributed by atoms with Crippen LogP contribution in [0.1, 0.15) is 37.8 Å². The molecule has 8 heteroatoms. The summed E-state index contributed by atoms with van der Waals surface area (Å²) in [6, 6.07) is 15.9. The second-order valence-corrected chi connectivity index (χ2v) is 10.8. The van der Waals surface area contributed by atoms with Crippen molar-refractivity contribution in [1.29, 1.82) is 0 Å². The molecule has 0 atom stereocenters. The third-order valence-electron chi connectivity index (χ3n) is 7.58. The highest BCUT2D eigenvalue weighted by atomic mass is 35.5. The van der Waals surface area contributed by atoms with Crippen molar-refractivity contribution >= 4 is 34.8 Å². The Bertz CT molecular complexity index is 1830. The molecule has 0 saturated carbocycles. The van der Waals surface area contributed by atoms with E-state index in [1.54, 1.807) is 10.6 Å². The number of benzene rings is 2. The van der Waals surface area contributed by atoms with Crippen LogP contribution in [0.3, 0.4) is 0 Å². The molecule has 0 radical (unpaired) electrons. The molecule has 2 N–H and O–H groups in total. The lowest BCUT2D eigenvalue weighted by Crippen LogP contribution is -2.43. The van der Waals surface area contributed by atoms with Gasteiger partial charge in [-0.1, -0.05) is 48.5 Å². The van der Waals surface area contributed by atoms with Crippen molar-refractivity contribution in [3.8, 4) is 11.1 Å². The molecule has 208 valence electrons. The van der Waals surface area contributed by atoms with Crippen LogP contribution < -0.4 is 26.9 Å². The van der Waals surface area contributed by atoms with Gasteiger partial charge in [-0.25, -0.2) is 9.98 Å². The van der Waals surface area contributed by atoms with Crippen molar-refractivity contribution in [2.75, 3.05) is 25.0 Å². The summed E-state index contributed by atoms with van der Waals surface area (Å²) in [5.41, 5.74) is 7.77. The average Bonchev–Trinajstić information content (AvgIpc) is 3.37. The van der Waals surface area contributed by atoms with E-state index in [-0.39, 0.29) is 5.56 Å². The lowest BCUT2D eigenvalue weighted by molar-refractivity contribution is 0.364. The van der Waals surface area contributed by atoms with Gasteiger partial charge in [0.1, 0.15) is 17.9 Å². The van der Waals surface area contributed by atoms with E-state index in [9.17, 15) is 4.79 Å². The molecule has 3 aromatic rings. The molecule has 1 aromatic heterocycles. The van der Waals surface area contributed by atoms with Crippen LogP contribution in [0, 0.1) is 0 Å². The summed E-state index contributed by atoms with van der Waals surface area (Å²) in [5, 5.41) is 8.21. The molecule has 0 unspecified atom stereocenters. The van der Waals surface area contributed by atoms with Crippen LogP contribution in [0.15, 0.2) is 93.1 Å². The number of allylic oxidation sites excluding steroid dienone is 1. The number of ether oxygens (including phenoxy) is 1. The number of pyridine rings is 1. The lowest BCUT2D eigenvalue weighted by Gasteiger charge is -2.15. The van der Waals surface area contributed by atoms with E-state index < -0.39 is 0 Å². The predicted molar refractivity (Wildman–Crippen MR) is 167 cm³/mol. The maximum atomic E-state index is 13.8. The van der Waals surface area contributed by atoms with Crippen LogP contribution in [0.25, 0.3) is 22.8 Å². The van der Waals surface area contributed by atoms with E-state index in [2.05, 4.69) is 65.5 Å². The van der Waals surface area contributed by atoms with Crippen molar-refractivity contribution in [3.63, 3.8) is 0 Å². The van der Waals surface area contributed by atoms with Crippen molar-refractivity contribution in [2.24, 2.45) is 9.98 Å². The molecule has 0 aliphatic carbocycles. The Hall–Kier alpha value is -4.20. The first-order valence-corrected chi connectivity index (χ1v) is 14.3. The zero-order chi connectivity index (χ0) is 28.5. The predicted octanol–water partition coefficient (Wildman–Crippen LogP) is 5.00. The Morgan fingerprint density at radius 1 is 1.07 bits per heavy atom. The molecule has 3 aliphatic heterocycles. The summed E-state index contributed by atoms with van der Waals surface area (Å²) in [4.78, 5) is 23.1. The van der Waals surface area contributed by atoms with Gasteiger partial charge >= 0.3 is 0 Å². The van der Waals surface area contributed by atoms with Crippen LogP contribution in [0.4, 0.5) is 5.69 Å². The Morgan fingerprint density at radius 2 is 1.88 bits per heavy atom. The van der Waals surface area contributed by atoms with Crippen LogP contribution >= 0.6 is 11.6 Å². The van der Waals surface area contributed by atoms with E-state index in [0.29, 0.717) is 52.8 Å². The van der Waals surface area contributed by atoms with Crippen LogP contribution in [0.2, 0.25) is 5.02 Å². The number of anilines is 1. The van der Waals surface area contributed by atoms with Gasteiger partial charge in [0.15, 0.2) is 0 Å². The van der Waals surface area contributed by atoms with Gasteiger partial charge in [-0.3, -0.25) is 9.36 Å². The maximum absolute atomic E-state index is 13.8. The highest BCUT2D eigenvalue weighted by molar-refractivity contribution is 6.33. The molecule has 3 aliphatic rings. The lowest BCUT2D eigenvalue weighted by atomic mass is 10.00. The minimum atomic E-state index is -0.139. The smallest absolute Gasteiger partial charge is 0.260 e. The minimum Gasteiger partial charge on any atom is -0.471 e. The summed E-state index contributed by atoms with van der Waals surface area (Å²) in [6.07, 6.45) is 6.11. The molecule has 2 aromatic carbocycles. The molecular formula is C33H32ClN5O2. The largest absolute Gasteiger partial charge is 0.471 e. The van der Waals surface area contributed by atoms with Crippen molar-refractivity contribution < 1.29 is 4.74 Å². The third-order valence-corrected chi connectivity index (χ3v) is 7.89. The molecule has 4 heterocycles. The topological polar surface area (TPSA) is 80.0 Å². The molecular weight excluding hydrogens is 534 g/mol. The molecule has 0 bridgehead atoms. The highest BCUT2D eigenvalue weighted by Crippen LogP contribution is 2.28. The number of rotatable bonds is 6. The SMILES string of the molecule is C=C1COC(c2ccc(-c3cc4c(n(CC)c3=O)=NC(Nc3ccc(C5=CCNCC5)cc3)=C(C)CC=4)c(Cl)c2)=N1. The van der Waals surface area contributed by atoms with E-state index in [1.165, 1.54) is 11.1 Å². The fourth-order valence-corrected chi connectivity index (χ4v) is 5.58. The summed E-state index contributed by atoms with van der Waals surface area (Å²) < 4.78 is 7.30. The van der Waals surface area contributed by atoms with E-state index in [0.717, 1.165) is 47.4 Å². The molecule has 0 saturated heterocycles. The van der Waals surface area contributed by atoms with Crippen molar-refractivity contribution in [3.05, 3.63) is 115 Å². The molecule has 6 rings (SSSR count). The molecule has 0 fully saturated rings. The molecule has 0 spiro atoms. The first kappa shape index (κ1) is 27.0. The summed E-state index contributed by atoms with van der Waals surface area (Å²) >= 11 is 6.72. The number of halogens is 1. The second-order valence-electron chi connectivity index (χ2n) is 10.4. The van der Waals surface area contributed by atoms with Gasteiger partial charge in [0.05, 0.1) is 5.70 Å². The standard InChI is InChI=1S/C33H32ClN5O2/c1-4-39-31-24(17-28(33(39)40)27-12-9-25(18-29(27)34)32-36-21(3)19-41-32)6-5-20(2)30(38-31)37-26-10-7-22(8-11-26)23-13-15-35-16-14-23/h6-13,17-18,35,37H,3-5,14-16,19H2,1-2H3. The van der Waals surface area contributed by atoms with E-state index in [4.69, 9.17) is 21.3 Å². The number of aromatic nitrogens is 1. The number of aliphatic imine (C=N–C) groups is 1. The number of hydrogen-bond donors (Lipinski definition) is 2. The Morgan fingerprint density at radius 3 is 2.56 bits per heavy atom. The first-order chi connectivity index (χ1) is 19.9. The summed E-state index contributed by atoms with van der Waals surface area (Å²) in [5.74, 6) is 1.24. The van der Waals surface area contributed by atoms with Gasteiger partial charge < -0.3 is 15.4 Å². The highest BCUT2D eigenvalue weighted by Gasteiger charge is 2.18. The first-order valence-electron chi connectivity index (χ1n) is 13.9. The Kier molecular flexibility index (Phi) is 7.47. The monoisotopic (exact) mass is 565 g/mol. The maximum Gasteiger partial charge on any atom is 0.260 e. The fraction of sp³-hybridized carbons (Fsp3) is 0.242. The van der Waals surface area contributed by atoms with Crippen LogP contribution in [-0.4, -0.2) is 30.2 Å². The van der Waals surface area contributed by atoms with Crippen LogP contribution in [-0.2, 0) is 11.3 Å². The summed E-state index contributed by atoms with van der Waals surface area (Å²) in [6.45, 7) is 10.6. The molecule has 41 heavy (non-hydrogen) atoms. The van der Waals surface area contributed by atoms with E-state index >= 15 is 0 Å². The number of fused-ring (bicyclic) bond motifs is 1. The van der Waals surface area contributed by atoms with Gasteiger partial charge in [-0.05, 0) is 80.3 Å². The van der Waals surface area contributed by atoms with Gasteiger partial charge in [-0.2, -0.15) is 0 Å². The van der Waals surface area contributed by atoms with Crippen LogP contribution in [0.5, 0.6) is 0 Å². The van der Waals surface area contributed by atoms with Gasteiger partial charge in [-0.15, -0.1) is 0 Å². The van der Waals surface area contributed by atoms with Crippen molar-refractivity contribution in [1.82, 2.24) is 9.88 Å². The van der Waals surface area contributed by atoms with E-state index in [1.807, 2.05) is 25.1 Å². The quantitative estimate of drug-likeness (QED) is 0.441.